The fourth-order valence-electron chi connectivity index (χ4n) is 2.61. The fourth-order valence-corrected chi connectivity index (χ4v) is 2.61. The number of rotatable bonds is 3. The first-order valence-corrected chi connectivity index (χ1v) is 6.67. The molecule has 1 amide bonds. The van der Waals surface area contributed by atoms with Crippen molar-refractivity contribution in [2.24, 2.45) is 0 Å². The van der Waals surface area contributed by atoms with Gasteiger partial charge in [-0.05, 0) is 31.7 Å². The molecule has 2 heterocycles. The van der Waals surface area contributed by atoms with Gasteiger partial charge in [0.1, 0.15) is 5.75 Å². The summed E-state index contributed by atoms with van der Waals surface area (Å²) in [5.74, 6) is 0.0430. The Morgan fingerprint density at radius 1 is 1.50 bits per heavy atom. The Labute approximate surface area is 108 Å². The molecule has 0 aromatic carbocycles. The second-order valence-corrected chi connectivity index (χ2v) is 4.87. The van der Waals surface area contributed by atoms with Gasteiger partial charge in [0, 0.05) is 18.8 Å². The third-order valence-electron chi connectivity index (χ3n) is 3.48. The summed E-state index contributed by atoms with van der Waals surface area (Å²) >= 11 is 0. The van der Waals surface area contributed by atoms with Crippen molar-refractivity contribution < 1.29 is 9.90 Å². The zero-order valence-corrected chi connectivity index (χ0v) is 10.8. The number of nitrogens with zero attached hydrogens (tertiary/aromatic N) is 2. The zero-order valence-electron chi connectivity index (χ0n) is 10.8. The minimum atomic E-state index is -0.00319. The van der Waals surface area contributed by atoms with Crippen LogP contribution >= 0.6 is 0 Å². The summed E-state index contributed by atoms with van der Waals surface area (Å²) in [6.45, 7) is 2.96. The van der Waals surface area contributed by atoms with E-state index >= 15 is 0 Å². The SMILES string of the molecule is CCCC1CCCCN1C(=O)c1cncc(O)c1. The van der Waals surface area contributed by atoms with Crippen LogP contribution in [-0.2, 0) is 0 Å². The molecule has 1 N–H and O–H groups in total. The Morgan fingerprint density at radius 2 is 2.33 bits per heavy atom. The molecule has 0 aliphatic carbocycles. The molecule has 1 aliphatic heterocycles. The number of hydrogen-bond acceptors (Lipinski definition) is 3. The van der Waals surface area contributed by atoms with Crippen LogP contribution < -0.4 is 0 Å². The van der Waals surface area contributed by atoms with Crippen LogP contribution in [0, 0.1) is 0 Å². The van der Waals surface area contributed by atoms with Crippen molar-refractivity contribution in [3.63, 3.8) is 0 Å². The Bertz CT molecular complexity index is 418. The van der Waals surface area contributed by atoms with Crippen LogP contribution in [0.15, 0.2) is 18.5 Å². The molecule has 2 rings (SSSR count). The lowest BCUT2D eigenvalue weighted by Crippen LogP contribution is -2.43. The van der Waals surface area contributed by atoms with E-state index in [1.54, 1.807) is 0 Å². The Balaban J connectivity index is 2.15. The lowest BCUT2D eigenvalue weighted by atomic mass is 9.97. The van der Waals surface area contributed by atoms with Crippen LogP contribution in [0.3, 0.4) is 0 Å². The molecule has 1 aliphatic rings. The van der Waals surface area contributed by atoms with Crippen LogP contribution in [0.1, 0.15) is 49.4 Å². The molecule has 4 nitrogen and oxygen atoms in total. The van der Waals surface area contributed by atoms with E-state index in [1.165, 1.54) is 24.9 Å². The van der Waals surface area contributed by atoms with Gasteiger partial charge in [-0.3, -0.25) is 9.78 Å². The highest BCUT2D eigenvalue weighted by Crippen LogP contribution is 2.23. The van der Waals surface area contributed by atoms with Gasteiger partial charge < -0.3 is 10.0 Å². The average Bonchev–Trinajstić information content (AvgIpc) is 2.39. The molecule has 0 spiro atoms. The van der Waals surface area contributed by atoms with E-state index in [9.17, 15) is 9.90 Å². The van der Waals surface area contributed by atoms with Crippen molar-refractivity contribution in [1.82, 2.24) is 9.88 Å². The highest BCUT2D eigenvalue weighted by molar-refractivity contribution is 5.94. The third-order valence-corrected chi connectivity index (χ3v) is 3.48. The lowest BCUT2D eigenvalue weighted by Gasteiger charge is -2.35. The Kier molecular flexibility index (Phi) is 4.18. The predicted molar refractivity (Wildman–Crippen MR) is 69.5 cm³/mol. The molecule has 0 bridgehead atoms. The van der Waals surface area contributed by atoms with Crippen LogP contribution in [0.5, 0.6) is 5.75 Å². The molecule has 18 heavy (non-hydrogen) atoms. The number of piperidine rings is 1. The van der Waals surface area contributed by atoms with E-state index in [-0.39, 0.29) is 11.7 Å². The monoisotopic (exact) mass is 248 g/mol. The van der Waals surface area contributed by atoms with E-state index in [1.807, 2.05) is 4.90 Å². The molecule has 1 unspecified atom stereocenters. The molecular weight excluding hydrogens is 228 g/mol. The zero-order chi connectivity index (χ0) is 13.0. The van der Waals surface area contributed by atoms with Crippen molar-refractivity contribution in [3.05, 3.63) is 24.0 Å². The van der Waals surface area contributed by atoms with Gasteiger partial charge in [-0.15, -0.1) is 0 Å². The van der Waals surface area contributed by atoms with Gasteiger partial charge in [0.05, 0.1) is 11.8 Å². The van der Waals surface area contributed by atoms with Crippen LogP contribution in [0.25, 0.3) is 0 Å². The maximum absolute atomic E-state index is 12.4. The van der Waals surface area contributed by atoms with Gasteiger partial charge in [-0.1, -0.05) is 13.3 Å². The van der Waals surface area contributed by atoms with Gasteiger partial charge in [0.2, 0.25) is 0 Å². The average molecular weight is 248 g/mol. The fraction of sp³-hybridized carbons (Fsp3) is 0.571. The smallest absolute Gasteiger partial charge is 0.255 e. The largest absolute Gasteiger partial charge is 0.506 e. The van der Waals surface area contributed by atoms with Gasteiger partial charge in [0.15, 0.2) is 0 Å². The topological polar surface area (TPSA) is 53.4 Å². The first kappa shape index (κ1) is 12.9. The number of aromatic nitrogens is 1. The normalized spacial score (nSPS) is 19.8. The number of likely N-dealkylation sites (tertiary alicyclic amines) is 1. The number of carbonyl (C=O) groups excluding carboxylic acids is 1. The van der Waals surface area contributed by atoms with Crippen LogP contribution in [-0.4, -0.2) is 33.5 Å². The highest BCUT2D eigenvalue weighted by atomic mass is 16.3. The van der Waals surface area contributed by atoms with Crippen LogP contribution in [0.2, 0.25) is 0 Å². The summed E-state index contributed by atoms with van der Waals surface area (Å²) in [5.41, 5.74) is 0.484. The minimum Gasteiger partial charge on any atom is -0.506 e. The number of carbonyl (C=O) groups is 1. The molecule has 1 atom stereocenters. The Morgan fingerprint density at radius 3 is 3.06 bits per heavy atom. The van der Waals surface area contributed by atoms with E-state index in [0.717, 1.165) is 32.2 Å². The van der Waals surface area contributed by atoms with Gasteiger partial charge in [-0.25, -0.2) is 0 Å². The van der Waals surface area contributed by atoms with E-state index in [2.05, 4.69) is 11.9 Å². The predicted octanol–water partition coefficient (Wildman–Crippen LogP) is 2.58. The number of pyridine rings is 1. The summed E-state index contributed by atoms with van der Waals surface area (Å²) in [5, 5.41) is 9.40. The molecule has 98 valence electrons. The molecule has 1 saturated heterocycles. The maximum Gasteiger partial charge on any atom is 0.255 e. The van der Waals surface area contributed by atoms with Crippen molar-refractivity contribution in [2.45, 2.75) is 45.1 Å². The van der Waals surface area contributed by atoms with Crippen molar-refractivity contribution in [1.29, 1.82) is 0 Å². The summed E-state index contributed by atoms with van der Waals surface area (Å²) in [6.07, 6.45) is 8.37. The first-order valence-electron chi connectivity index (χ1n) is 6.67. The number of hydrogen-bond donors (Lipinski definition) is 1. The molecule has 0 saturated carbocycles. The summed E-state index contributed by atoms with van der Waals surface area (Å²) in [4.78, 5) is 18.2. The molecule has 4 heteroatoms. The Hall–Kier alpha value is -1.58. The summed E-state index contributed by atoms with van der Waals surface area (Å²) < 4.78 is 0. The number of amides is 1. The van der Waals surface area contributed by atoms with E-state index < -0.39 is 0 Å². The van der Waals surface area contributed by atoms with Gasteiger partial charge in [0.25, 0.3) is 5.91 Å². The molecule has 1 aromatic rings. The van der Waals surface area contributed by atoms with Crippen molar-refractivity contribution >= 4 is 5.91 Å². The van der Waals surface area contributed by atoms with Gasteiger partial charge >= 0.3 is 0 Å². The first-order chi connectivity index (χ1) is 8.72. The summed E-state index contributed by atoms with van der Waals surface area (Å²) in [7, 11) is 0. The summed E-state index contributed by atoms with van der Waals surface area (Å²) in [6, 6.07) is 1.84. The second-order valence-electron chi connectivity index (χ2n) is 4.87. The molecule has 1 fully saturated rings. The van der Waals surface area contributed by atoms with E-state index in [0.29, 0.717) is 11.6 Å². The van der Waals surface area contributed by atoms with Crippen LogP contribution in [0.4, 0.5) is 0 Å². The minimum absolute atomic E-state index is 0.00319. The van der Waals surface area contributed by atoms with Crippen molar-refractivity contribution in [3.8, 4) is 5.75 Å². The second kappa shape index (κ2) is 5.85. The molecule has 0 radical (unpaired) electrons. The van der Waals surface area contributed by atoms with E-state index in [4.69, 9.17) is 0 Å². The maximum atomic E-state index is 12.4. The quantitative estimate of drug-likeness (QED) is 0.894. The molecular formula is C14H20N2O2. The van der Waals surface area contributed by atoms with Crippen molar-refractivity contribution in [2.75, 3.05) is 6.54 Å². The number of aromatic hydroxyl groups is 1. The lowest BCUT2D eigenvalue weighted by molar-refractivity contribution is 0.0600. The highest BCUT2D eigenvalue weighted by Gasteiger charge is 2.26. The third kappa shape index (κ3) is 2.81. The standard InChI is InChI=1S/C14H20N2O2/c1-2-5-12-6-3-4-7-16(12)14(18)11-8-13(17)10-15-9-11/h8-10,12,17H,2-7H2,1H3. The molecule has 1 aromatic heterocycles. The van der Waals surface area contributed by atoms with Gasteiger partial charge in [-0.2, -0.15) is 0 Å².